The van der Waals surface area contributed by atoms with Gasteiger partial charge in [0, 0.05) is 61.0 Å². The van der Waals surface area contributed by atoms with Crippen LogP contribution < -0.4 is 5.32 Å². The summed E-state index contributed by atoms with van der Waals surface area (Å²) in [6, 6.07) is 8.89. The van der Waals surface area contributed by atoms with E-state index in [4.69, 9.17) is 18.0 Å². The predicted octanol–water partition coefficient (Wildman–Crippen LogP) is 6.68. The minimum absolute atomic E-state index is 0.0239. The number of nitrogens with zero attached hydrogens (tertiary/aromatic N) is 1. The molecule has 42 heavy (non-hydrogen) atoms. The van der Waals surface area contributed by atoms with Gasteiger partial charge < -0.3 is 28.2 Å². The predicted molar refractivity (Wildman–Crippen MR) is 172 cm³/mol. The summed E-state index contributed by atoms with van der Waals surface area (Å²) < 4.78 is 22.0. The number of nitrogens with one attached hydrogen (secondary N) is 1. The zero-order valence-electron chi connectivity index (χ0n) is 27.5. The largest absolute Gasteiger partial charge is 0.500 e. The molecule has 1 unspecified atom stereocenters. The second-order valence-corrected chi connectivity index (χ2v) is 14.3. The average molecular weight is 609 g/mol. The molecular formula is C33H60N2O6Si. The Hall–Kier alpha value is -1.78. The van der Waals surface area contributed by atoms with Crippen LogP contribution in [0.4, 0.5) is 0 Å². The molecule has 2 amide bonds. The van der Waals surface area contributed by atoms with Crippen LogP contribution in [0.25, 0.3) is 0 Å². The highest BCUT2D eigenvalue weighted by Gasteiger charge is 2.37. The van der Waals surface area contributed by atoms with E-state index in [-0.39, 0.29) is 11.8 Å². The molecule has 0 aromatic heterocycles. The first-order valence-corrected chi connectivity index (χ1v) is 18.1. The summed E-state index contributed by atoms with van der Waals surface area (Å²) in [5, 5.41) is 2.97. The third kappa shape index (κ3) is 16.2. The molecule has 8 nitrogen and oxygen atoms in total. The van der Waals surface area contributed by atoms with Crippen molar-refractivity contribution in [3.63, 3.8) is 0 Å². The van der Waals surface area contributed by atoms with E-state index in [1.807, 2.05) is 12.1 Å². The molecule has 0 aliphatic rings. The Morgan fingerprint density at radius 1 is 0.786 bits per heavy atom. The van der Waals surface area contributed by atoms with Crippen molar-refractivity contribution in [3.8, 4) is 0 Å². The number of carbonyl (C=O) groups is 2. The minimum Gasteiger partial charge on any atom is -0.377 e. The number of ether oxygens (including phenoxy) is 1. The van der Waals surface area contributed by atoms with Crippen molar-refractivity contribution >= 4 is 20.6 Å². The van der Waals surface area contributed by atoms with Gasteiger partial charge in [-0.15, -0.1) is 0 Å². The van der Waals surface area contributed by atoms with E-state index in [0.717, 1.165) is 36.8 Å². The van der Waals surface area contributed by atoms with Gasteiger partial charge in [-0.1, -0.05) is 108 Å². The Balaban J connectivity index is 2.32. The normalized spacial score (nSPS) is 12.3. The summed E-state index contributed by atoms with van der Waals surface area (Å²) in [4.78, 5) is 26.7. The lowest BCUT2D eigenvalue weighted by molar-refractivity contribution is -0.133. The monoisotopic (exact) mass is 608 g/mol. The van der Waals surface area contributed by atoms with Crippen LogP contribution in [0.1, 0.15) is 108 Å². The van der Waals surface area contributed by atoms with E-state index in [2.05, 4.69) is 24.4 Å². The van der Waals surface area contributed by atoms with E-state index in [9.17, 15) is 9.59 Å². The number of benzene rings is 1. The van der Waals surface area contributed by atoms with Crippen molar-refractivity contribution in [1.82, 2.24) is 10.2 Å². The zero-order chi connectivity index (χ0) is 31.1. The second kappa shape index (κ2) is 23.6. The van der Waals surface area contributed by atoms with Crippen LogP contribution in [0.5, 0.6) is 0 Å². The van der Waals surface area contributed by atoms with E-state index < -0.39 is 14.9 Å². The Bertz CT molecular complexity index is 826. The van der Waals surface area contributed by atoms with Crippen molar-refractivity contribution in [2.75, 3.05) is 41.5 Å². The maximum absolute atomic E-state index is 12.7. The highest BCUT2D eigenvalue weighted by Crippen LogP contribution is 2.18. The Labute approximate surface area is 257 Å². The molecule has 1 aromatic carbocycles. The Kier molecular flexibility index (Phi) is 21.5. The molecular weight excluding hydrogens is 548 g/mol. The molecule has 9 heteroatoms. The molecule has 0 saturated carbocycles. The molecule has 0 aliphatic heterocycles. The van der Waals surface area contributed by atoms with Gasteiger partial charge in [-0.05, 0) is 24.0 Å². The molecule has 0 spiro atoms. The number of unbranched alkanes of at least 4 members (excludes halogenated alkanes) is 11. The van der Waals surface area contributed by atoms with Crippen molar-refractivity contribution in [3.05, 3.63) is 35.4 Å². The van der Waals surface area contributed by atoms with Crippen LogP contribution in [0.2, 0.25) is 6.04 Å². The van der Waals surface area contributed by atoms with Crippen LogP contribution in [-0.4, -0.2) is 73.2 Å². The lowest BCUT2D eigenvalue weighted by Crippen LogP contribution is -2.43. The number of rotatable bonds is 26. The fourth-order valence-corrected chi connectivity index (χ4v) is 6.90. The molecule has 0 aliphatic carbocycles. The summed E-state index contributed by atoms with van der Waals surface area (Å²) in [6.45, 7) is 5.15. The van der Waals surface area contributed by atoms with Gasteiger partial charge in [-0.3, -0.25) is 9.59 Å². The van der Waals surface area contributed by atoms with Crippen molar-refractivity contribution in [2.45, 2.75) is 122 Å². The fourth-order valence-electron chi connectivity index (χ4n) is 5.19. The number of methoxy groups -OCH3 is 1. The van der Waals surface area contributed by atoms with E-state index in [1.54, 1.807) is 40.3 Å². The number of amides is 2. The van der Waals surface area contributed by atoms with E-state index >= 15 is 0 Å². The number of carbonyl (C=O) groups excluding carboxylic acids is 2. The number of hydrogen-bond acceptors (Lipinski definition) is 6. The van der Waals surface area contributed by atoms with Gasteiger partial charge in [0.1, 0.15) is 6.10 Å². The summed E-state index contributed by atoms with van der Waals surface area (Å²) >= 11 is 0. The topological polar surface area (TPSA) is 86.3 Å². The lowest BCUT2D eigenvalue weighted by atomic mass is 10.0. The quantitative estimate of drug-likeness (QED) is 0.0933. The van der Waals surface area contributed by atoms with Gasteiger partial charge in [0.25, 0.3) is 0 Å². The van der Waals surface area contributed by atoms with Crippen LogP contribution in [0.15, 0.2) is 24.3 Å². The third-order valence-corrected chi connectivity index (χ3v) is 10.8. The molecule has 1 N–H and O–H groups in total. The number of aryl methyl sites for hydroxylation is 1. The molecule has 0 bridgehead atoms. The van der Waals surface area contributed by atoms with Gasteiger partial charge >= 0.3 is 8.80 Å². The van der Waals surface area contributed by atoms with E-state index in [0.29, 0.717) is 25.7 Å². The first-order chi connectivity index (χ1) is 20.3. The molecule has 0 radical (unpaired) electrons. The van der Waals surface area contributed by atoms with Crippen LogP contribution in [0, 0.1) is 0 Å². The first-order valence-electron chi connectivity index (χ1n) is 16.1. The van der Waals surface area contributed by atoms with Gasteiger partial charge in [0.15, 0.2) is 0 Å². The molecule has 0 heterocycles. The van der Waals surface area contributed by atoms with Crippen molar-refractivity contribution < 1.29 is 27.6 Å². The van der Waals surface area contributed by atoms with Gasteiger partial charge in [0.2, 0.25) is 11.8 Å². The Morgan fingerprint density at radius 3 is 1.76 bits per heavy atom. The summed E-state index contributed by atoms with van der Waals surface area (Å²) in [7, 11) is 3.85. The fraction of sp³-hybridized carbons (Fsp3) is 0.758. The zero-order valence-corrected chi connectivity index (χ0v) is 28.5. The van der Waals surface area contributed by atoms with Crippen molar-refractivity contribution in [1.29, 1.82) is 0 Å². The highest BCUT2D eigenvalue weighted by molar-refractivity contribution is 6.60. The first kappa shape index (κ1) is 38.2. The van der Waals surface area contributed by atoms with Gasteiger partial charge in [-0.2, -0.15) is 0 Å². The highest BCUT2D eigenvalue weighted by atomic mass is 28.4. The Morgan fingerprint density at radius 2 is 1.29 bits per heavy atom. The van der Waals surface area contributed by atoms with Crippen LogP contribution in [-0.2, 0) is 40.6 Å². The minimum atomic E-state index is -2.61. The smallest absolute Gasteiger partial charge is 0.377 e. The molecule has 1 aromatic rings. The average Bonchev–Trinajstić information content (AvgIpc) is 3.00. The third-order valence-electron chi connectivity index (χ3n) is 8.07. The summed E-state index contributed by atoms with van der Waals surface area (Å²) in [5.41, 5.74) is 2.19. The maximum atomic E-state index is 12.7. The molecule has 1 atom stereocenters. The van der Waals surface area contributed by atoms with E-state index in [1.165, 1.54) is 64.2 Å². The molecule has 0 fully saturated rings. The van der Waals surface area contributed by atoms with Crippen LogP contribution in [0.3, 0.4) is 0 Å². The molecule has 242 valence electrons. The van der Waals surface area contributed by atoms with Crippen LogP contribution >= 0.6 is 0 Å². The maximum Gasteiger partial charge on any atom is 0.500 e. The number of hydrogen-bond donors (Lipinski definition) is 1. The molecule has 1 rings (SSSR count). The lowest BCUT2D eigenvalue weighted by Gasteiger charge is -2.24. The van der Waals surface area contributed by atoms with Gasteiger partial charge in [-0.25, -0.2) is 0 Å². The standard InChI is InChI=1S/C33H60N2O6Si/c1-7-8-9-10-11-12-13-14-15-16-17-18-19-32(38-3)33(37)34-25-26-35(29(2)36)28-31-22-20-30(21-23-31)24-27-42(39-4,40-5)41-6/h20-23,32H,7-19,24-28H2,1-6H3,(H,34,37). The molecule has 0 saturated heterocycles. The van der Waals surface area contributed by atoms with Crippen molar-refractivity contribution in [2.24, 2.45) is 0 Å². The summed E-state index contributed by atoms with van der Waals surface area (Å²) in [6.07, 6.45) is 16.6. The second-order valence-electron chi connectivity index (χ2n) is 11.2. The summed E-state index contributed by atoms with van der Waals surface area (Å²) in [5.74, 6) is -0.125. The van der Waals surface area contributed by atoms with Gasteiger partial charge in [0.05, 0.1) is 0 Å². The SMILES string of the molecule is CCCCCCCCCCCCCCC(OC)C(=O)NCCN(Cc1ccc(CC[Si](OC)(OC)OC)cc1)C(C)=O.